The van der Waals surface area contributed by atoms with Crippen LogP contribution in [-0.4, -0.2) is 22.2 Å². The van der Waals surface area contributed by atoms with Gasteiger partial charge in [-0.1, -0.05) is 6.92 Å². The number of hydrogen-bond donors (Lipinski definition) is 1. The molecule has 0 spiro atoms. The predicted molar refractivity (Wildman–Crippen MR) is 56.6 cm³/mol. The Hall–Kier alpha value is -0.870. The van der Waals surface area contributed by atoms with E-state index in [1.807, 2.05) is 0 Å². The summed E-state index contributed by atoms with van der Waals surface area (Å²) in [4.78, 5) is 4.73. The lowest BCUT2D eigenvalue weighted by Gasteiger charge is -2.27. The minimum Gasteiger partial charge on any atom is -0.375 e. The van der Waals surface area contributed by atoms with Crippen LogP contribution in [0.5, 0.6) is 0 Å². The van der Waals surface area contributed by atoms with Crippen molar-refractivity contribution < 1.29 is 4.74 Å². The van der Waals surface area contributed by atoms with E-state index < -0.39 is 0 Å². The van der Waals surface area contributed by atoms with Crippen LogP contribution in [0.1, 0.15) is 36.5 Å². The Bertz CT molecular complexity index is 385. The molecule has 82 valence electrons. The highest BCUT2D eigenvalue weighted by atomic mass is 16.5. The van der Waals surface area contributed by atoms with Gasteiger partial charge in [0.05, 0.1) is 24.6 Å². The molecule has 0 saturated carbocycles. The molecule has 15 heavy (non-hydrogen) atoms. The first-order valence-electron chi connectivity index (χ1n) is 5.67. The van der Waals surface area contributed by atoms with Crippen LogP contribution < -0.4 is 5.73 Å². The molecule has 0 saturated heterocycles. The number of nitrogens with two attached hydrogens (primary N) is 1. The summed E-state index contributed by atoms with van der Waals surface area (Å²) in [6.45, 7) is 4.64. The van der Waals surface area contributed by atoms with Crippen molar-refractivity contribution in [2.24, 2.45) is 5.73 Å². The topological polar surface area (TPSA) is 53.1 Å². The SMILES string of the molecule is CC1CC(N)Cn2c1nc1c2COCC1. The van der Waals surface area contributed by atoms with Crippen molar-refractivity contribution in [2.75, 3.05) is 6.61 Å². The van der Waals surface area contributed by atoms with Gasteiger partial charge in [-0.25, -0.2) is 4.98 Å². The Balaban J connectivity index is 2.08. The van der Waals surface area contributed by atoms with Gasteiger partial charge in [0.25, 0.3) is 0 Å². The van der Waals surface area contributed by atoms with Crippen molar-refractivity contribution in [1.29, 1.82) is 0 Å². The predicted octanol–water partition coefficient (Wildman–Crippen LogP) is 0.790. The molecule has 2 aliphatic heterocycles. The smallest absolute Gasteiger partial charge is 0.112 e. The van der Waals surface area contributed by atoms with Gasteiger partial charge in [-0.3, -0.25) is 0 Å². The van der Waals surface area contributed by atoms with Gasteiger partial charge in [-0.15, -0.1) is 0 Å². The van der Waals surface area contributed by atoms with Crippen LogP contribution in [0.15, 0.2) is 0 Å². The maximum atomic E-state index is 6.04. The van der Waals surface area contributed by atoms with Gasteiger partial charge >= 0.3 is 0 Å². The van der Waals surface area contributed by atoms with Crippen LogP contribution in [0.2, 0.25) is 0 Å². The lowest BCUT2D eigenvalue weighted by atomic mass is 9.98. The quantitative estimate of drug-likeness (QED) is 0.684. The van der Waals surface area contributed by atoms with Crippen molar-refractivity contribution in [3.05, 3.63) is 17.2 Å². The minimum atomic E-state index is 0.271. The summed E-state index contributed by atoms with van der Waals surface area (Å²) in [5, 5.41) is 0. The molecule has 1 aromatic rings. The second kappa shape index (κ2) is 3.32. The van der Waals surface area contributed by atoms with Crippen molar-refractivity contribution in [1.82, 2.24) is 9.55 Å². The fourth-order valence-corrected chi connectivity index (χ4v) is 2.70. The van der Waals surface area contributed by atoms with Crippen LogP contribution in [0.3, 0.4) is 0 Å². The molecule has 4 heteroatoms. The van der Waals surface area contributed by atoms with Crippen molar-refractivity contribution in [3.8, 4) is 0 Å². The van der Waals surface area contributed by atoms with Gasteiger partial charge in [0.1, 0.15) is 5.82 Å². The summed E-state index contributed by atoms with van der Waals surface area (Å²) < 4.78 is 7.77. The highest BCUT2D eigenvalue weighted by Gasteiger charge is 2.28. The summed E-state index contributed by atoms with van der Waals surface area (Å²) in [5.74, 6) is 1.70. The molecule has 0 radical (unpaired) electrons. The molecule has 3 rings (SSSR count). The third-order valence-corrected chi connectivity index (χ3v) is 3.42. The van der Waals surface area contributed by atoms with E-state index in [0.29, 0.717) is 12.5 Å². The van der Waals surface area contributed by atoms with Gasteiger partial charge in [0.15, 0.2) is 0 Å². The lowest BCUT2D eigenvalue weighted by Crippen LogP contribution is -2.34. The van der Waals surface area contributed by atoms with E-state index in [2.05, 4.69) is 11.5 Å². The molecule has 2 aliphatic rings. The molecule has 0 aromatic carbocycles. The van der Waals surface area contributed by atoms with E-state index in [0.717, 1.165) is 26.0 Å². The number of fused-ring (bicyclic) bond motifs is 3. The summed E-state index contributed by atoms with van der Waals surface area (Å²) in [5.41, 5.74) is 8.54. The molecule has 0 amide bonds. The number of nitrogens with zero attached hydrogens (tertiary/aromatic N) is 2. The summed E-state index contributed by atoms with van der Waals surface area (Å²) in [7, 11) is 0. The molecule has 4 nitrogen and oxygen atoms in total. The minimum absolute atomic E-state index is 0.271. The fraction of sp³-hybridized carbons (Fsp3) is 0.727. The summed E-state index contributed by atoms with van der Waals surface area (Å²) in [6, 6.07) is 0.271. The first kappa shape index (κ1) is 9.36. The van der Waals surface area contributed by atoms with E-state index in [9.17, 15) is 0 Å². The largest absolute Gasteiger partial charge is 0.375 e. The zero-order valence-electron chi connectivity index (χ0n) is 9.07. The molecule has 2 N–H and O–H groups in total. The average Bonchev–Trinajstić information content (AvgIpc) is 2.57. The molecule has 1 aromatic heterocycles. The first-order valence-corrected chi connectivity index (χ1v) is 5.67. The monoisotopic (exact) mass is 207 g/mol. The zero-order chi connectivity index (χ0) is 10.4. The van der Waals surface area contributed by atoms with Crippen LogP contribution in [-0.2, 0) is 24.3 Å². The number of hydrogen-bond acceptors (Lipinski definition) is 3. The number of imidazole rings is 1. The lowest BCUT2D eigenvalue weighted by molar-refractivity contribution is 0.103. The number of rotatable bonds is 0. The molecular formula is C11H17N3O. The summed E-state index contributed by atoms with van der Waals surface area (Å²) >= 11 is 0. The number of ether oxygens (including phenoxy) is 1. The Morgan fingerprint density at radius 3 is 3.27 bits per heavy atom. The summed E-state index contributed by atoms with van der Waals surface area (Å²) in [6.07, 6.45) is 2.01. The zero-order valence-corrected chi connectivity index (χ0v) is 9.07. The molecule has 2 atom stereocenters. The average molecular weight is 207 g/mol. The Morgan fingerprint density at radius 2 is 2.40 bits per heavy atom. The Morgan fingerprint density at radius 1 is 1.53 bits per heavy atom. The maximum absolute atomic E-state index is 6.04. The second-order valence-electron chi connectivity index (χ2n) is 4.67. The fourth-order valence-electron chi connectivity index (χ4n) is 2.70. The highest BCUT2D eigenvalue weighted by Crippen LogP contribution is 2.30. The second-order valence-corrected chi connectivity index (χ2v) is 4.67. The van der Waals surface area contributed by atoms with Gasteiger partial charge in [-0.05, 0) is 6.42 Å². The molecule has 2 unspecified atom stereocenters. The van der Waals surface area contributed by atoms with E-state index in [-0.39, 0.29) is 6.04 Å². The van der Waals surface area contributed by atoms with Crippen molar-refractivity contribution >= 4 is 0 Å². The van der Waals surface area contributed by atoms with Crippen LogP contribution >= 0.6 is 0 Å². The number of aromatic nitrogens is 2. The van der Waals surface area contributed by atoms with Gasteiger partial charge in [0.2, 0.25) is 0 Å². The third-order valence-electron chi connectivity index (χ3n) is 3.42. The van der Waals surface area contributed by atoms with E-state index in [4.69, 9.17) is 15.5 Å². The van der Waals surface area contributed by atoms with Crippen LogP contribution in [0.25, 0.3) is 0 Å². The standard InChI is InChI=1S/C11H17N3O/c1-7-4-8(12)5-14-10-6-15-3-2-9(10)13-11(7)14/h7-8H,2-6,12H2,1H3. The molecule has 0 fully saturated rings. The van der Waals surface area contributed by atoms with Crippen molar-refractivity contribution in [3.63, 3.8) is 0 Å². The van der Waals surface area contributed by atoms with Gasteiger partial charge in [0, 0.05) is 24.9 Å². The molecule has 3 heterocycles. The van der Waals surface area contributed by atoms with Crippen molar-refractivity contribution in [2.45, 2.75) is 44.9 Å². The first-order chi connectivity index (χ1) is 7.25. The van der Waals surface area contributed by atoms with Crippen LogP contribution in [0, 0.1) is 0 Å². The van der Waals surface area contributed by atoms with E-state index >= 15 is 0 Å². The normalized spacial score (nSPS) is 29.7. The van der Waals surface area contributed by atoms with Gasteiger partial charge in [-0.2, -0.15) is 0 Å². The molecule has 0 aliphatic carbocycles. The highest BCUT2D eigenvalue weighted by molar-refractivity contribution is 5.22. The maximum Gasteiger partial charge on any atom is 0.112 e. The molecule has 0 bridgehead atoms. The molecular weight excluding hydrogens is 190 g/mol. The van der Waals surface area contributed by atoms with Gasteiger partial charge < -0.3 is 15.0 Å². The third kappa shape index (κ3) is 1.40. The van der Waals surface area contributed by atoms with E-state index in [1.165, 1.54) is 17.2 Å². The van der Waals surface area contributed by atoms with E-state index in [1.54, 1.807) is 0 Å². The Kier molecular flexibility index (Phi) is 2.07. The van der Waals surface area contributed by atoms with Crippen LogP contribution in [0.4, 0.5) is 0 Å². The Labute approximate surface area is 89.4 Å².